The highest BCUT2D eigenvalue weighted by Gasteiger charge is 2.68. The van der Waals surface area contributed by atoms with E-state index in [0.29, 0.717) is 15.7 Å². The minimum atomic E-state index is -1.35. The summed E-state index contributed by atoms with van der Waals surface area (Å²) < 4.78 is 14.7. The topological polar surface area (TPSA) is 95.0 Å². The molecule has 3 fully saturated rings. The molecule has 0 unspecified atom stereocenters. The number of halogens is 3. The monoisotopic (exact) mass is 662 g/mol. The van der Waals surface area contributed by atoms with E-state index < -0.39 is 52.6 Å². The van der Waals surface area contributed by atoms with E-state index in [0.717, 1.165) is 16.5 Å². The van der Waals surface area contributed by atoms with Gasteiger partial charge in [0.2, 0.25) is 23.6 Å². The van der Waals surface area contributed by atoms with Gasteiger partial charge in [-0.15, -0.1) is 0 Å². The van der Waals surface area contributed by atoms with Crippen LogP contribution in [0.5, 0.6) is 5.75 Å². The molecule has 6 atom stereocenters. The van der Waals surface area contributed by atoms with Gasteiger partial charge in [-0.1, -0.05) is 57.4 Å². The van der Waals surface area contributed by atoms with Crippen molar-refractivity contribution in [1.82, 2.24) is 0 Å². The molecular formula is C33H25BrClFN2O5. The summed E-state index contributed by atoms with van der Waals surface area (Å²) >= 11 is 9.53. The van der Waals surface area contributed by atoms with Crippen molar-refractivity contribution in [2.45, 2.75) is 25.7 Å². The molecule has 0 bridgehead atoms. The predicted molar refractivity (Wildman–Crippen MR) is 161 cm³/mol. The molecule has 4 amide bonds. The second-order valence-corrected chi connectivity index (χ2v) is 13.1. The summed E-state index contributed by atoms with van der Waals surface area (Å²) in [6, 6.07) is 17.4. The van der Waals surface area contributed by atoms with Crippen LogP contribution < -0.4 is 9.80 Å². The zero-order chi connectivity index (χ0) is 30.4. The van der Waals surface area contributed by atoms with Gasteiger partial charge in [0, 0.05) is 16.0 Å². The van der Waals surface area contributed by atoms with Gasteiger partial charge in [0.15, 0.2) is 0 Å². The standard InChI is InChI=1S/C33H25BrClFN2O5/c1-33-23(30(41)38(32(33)43)18-8-11-25(36)24(35)14-18)15-21-19(28(33)22-13-16(34)7-12-26(22)39)9-10-20-27(21)31(42)37(29(20)40)17-5-3-2-4-6-17/h2-9,11-14,20-21,23,27-28,39H,10,15H2,1H3/t20-,21+,23-,27-,28+,33+/m0/s1. The normalized spacial score (nSPS) is 29.9. The summed E-state index contributed by atoms with van der Waals surface area (Å²) in [6.45, 7) is 1.72. The number of rotatable bonds is 3. The molecule has 2 aliphatic heterocycles. The third-order valence-electron chi connectivity index (χ3n) is 9.75. The predicted octanol–water partition coefficient (Wildman–Crippen LogP) is 6.38. The fourth-order valence-corrected chi connectivity index (χ4v) is 8.37. The first-order valence-corrected chi connectivity index (χ1v) is 15.2. The second-order valence-electron chi connectivity index (χ2n) is 11.8. The lowest BCUT2D eigenvalue weighted by atomic mass is 9.51. The van der Waals surface area contributed by atoms with Gasteiger partial charge in [-0.2, -0.15) is 0 Å². The SMILES string of the molecule is C[C@@]12C(=O)N(c3ccc(F)c(Cl)c3)C(=O)[C@@H]1C[C@@H]1C(=CC[C@@H]3C(=O)N(c4ccccc4)C(=O)[C@@H]31)[C@@H]2c1cc(Br)ccc1O. The van der Waals surface area contributed by atoms with Crippen molar-refractivity contribution in [1.29, 1.82) is 0 Å². The van der Waals surface area contributed by atoms with E-state index in [1.165, 1.54) is 23.1 Å². The number of anilines is 2. The van der Waals surface area contributed by atoms with E-state index in [4.69, 9.17) is 11.6 Å². The Morgan fingerprint density at radius 2 is 1.65 bits per heavy atom. The van der Waals surface area contributed by atoms with Crippen LogP contribution in [0.1, 0.15) is 31.2 Å². The number of aromatic hydroxyl groups is 1. The smallest absolute Gasteiger partial charge is 0.241 e. The van der Waals surface area contributed by atoms with Gasteiger partial charge in [-0.05, 0) is 74.2 Å². The maximum Gasteiger partial charge on any atom is 0.241 e. The minimum Gasteiger partial charge on any atom is -0.508 e. The van der Waals surface area contributed by atoms with Crippen molar-refractivity contribution >= 4 is 62.5 Å². The number of hydrogen-bond donors (Lipinski definition) is 1. The van der Waals surface area contributed by atoms with Crippen LogP contribution in [0.2, 0.25) is 5.02 Å². The first-order chi connectivity index (χ1) is 20.5. The number of para-hydroxylation sites is 1. The molecule has 1 N–H and O–H groups in total. The highest BCUT2D eigenvalue weighted by molar-refractivity contribution is 9.10. The van der Waals surface area contributed by atoms with Crippen molar-refractivity contribution < 1.29 is 28.7 Å². The van der Waals surface area contributed by atoms with Crippen molar-refractivity contribution in [2.75, 3.05) is 9.80 Å². The van der Waals surface area contributed by atoms with E-state index in [9.17, 15) is 28.7 Å². The highest BCUT2D eigenvalue weighted by Crippen LogP contribution is 2.64. The Bertz CT molecular complexity index is 1780. The fourth-order valence-electron chi connectivity index (χ4n) is 7.82. The zero-order valence-corrected chi connectivity index (χ0v) is 25.2. The molecule has 2 aliphatic carbocycles. The molecule has 3 aromatic carbocycles. The molecule has 0 aromatic heterocycles. The number of benzene rings is 3. The number of carbonyl (C=O) groups excluding carboxylic acids is 4. The highest BCUT2D eigenvalue weighted by atomic mass is 79.9. The molecule has 0 spiro atoms. The summed E-state index contributed by atoms with van der Waals surface area (Å²) in [6.07, 6.45) is 2.37. The number of carbonyl (C=O) groups is 4. The van der Waals surface area contributed by atoms with Crippen LogP contribution in [0.15, 0.2) is 82.9 Å². The number of imide groups is 2. The summed E-state index contributed by atoms with van der Waals surface area (Å²) in [7, 11) is 0. The van der Waals surface area contributed by atoms with Crippen molar-refractivity contribution in [3.8, 4) is 5.75 Å². The average Bonchev–Trinajstić information content (AvgIpc) is 3.36. The van der Waals surface area contributed by atoms with Gasteiger partial charge in [0.1, 0.15) is 11.6 Å². The lowest BCUT2D eigenvalue weighted by Gasteiger charge is -2.49. The van der Waals surface area contributed by atoms with E-state index in [1.807, 2.05) is 6.08 Å². The fraction of sp³-hybridized carbons (Fsp3) is 0.273. The van der Waals surface area contributed by atoms with E-state index in [2.05, 4.69) is 15.9 Å². The second kappa shape index (κ2) is 9.86. The first kappa shape index (κ1) is 28.0. The molecule has 2 heterocycles. The molecule has 7 rings (SSSR count). The number of nitrogens with zero attached hydrogens (tertiary/aromatic N) is 2. The Labute approximate surface area is 260 Å². The summed E-state index contributed by atoms with van der Waals surface area (Å²) in [5.41, 5.74) is 0.474. The molecule has 7 nitrogen and oxygen atoms in total. The lowest BCUT2D eigenvalue weighted by molar-refractivity contribution is -0.131. The lowest BCUT2D eigenvalue weighted by Crippen LogP contribution is -2.48. The van der Waals surface area contributed by atoms with Crippen LogP contribution in [0.25, 0.3) is 0 Å². The van der Waals surface area contributed by atoms with Crippen LogP contribution in [0.3, 0.4) is 0 Å². The van der Waals surface area contributed by atoms with Gasteiger partial charge < -0.3 is 5.11 Å². The average molecular weight is 664 g/mol. The summed E-state index contributed by atoms with van der Waals surface area (Å²) in [5.74, 6) is -5.89. The van der Waals surface area contributed by atoms with E-state index in [1.54, 1.807) is 49.4 Å². The summed E-state index contributed by atoms with van der Waals surface area (Å²) in [5, 5.41) is 10.9. The van der Waals surface area contributed by atoms with Crippen LogP contribution in [0.4, 0.5) is 15.8 Å². The zero-order valence-electron chi connectivity index (χ0n) is 22.8. The van der Waals surface area contributed by atoms with Crippen LogP contribution in [-0.4, -0.2) is 28.7 Å². The largest absolute Gasteiger partial charge is 0.508 e. The molecule has 1 saturated carbocycles. The van der Waals surface area contributed by atoms with Gasteiger partial charge >= 0.3 is 0 Å². The Balaban J connectivity index is 1.39. The molecule has 43 heavy (non-hydrogen) atoms. The molecule has 2 saturated heterocycles. The number of fused-ring (bicyclic) bond motifs is 4. The quantitative estimate of drug-likeness (QED) is 0.259. The van der Waals surface area contributed by atoms with Gasteiger partial charge in [0.25, 0.3) is 0 Å². The Morgan fingerprint density at radius 1 is 0.907 bits per heavy atom. The van der Waals surface area contributed by atoms with Crippen molar-refractivity contribution in [2.24, 2.45) is 29.1 Å². The molecule has 0 radical (unpaired) electrons. The maximum absolute atomic E-state index is 14.4. The van der Waals surface area contributed by atoms with Gasteiger partial charge in [-0.3, -0.25) is 24.1 Å². The molecule has 10 heteroatoms. The molecule has 3 aromatic rings. The van der Waals surface area contributed by atoms with Crippen LogP contribution in [0, 0.1) is 34.9 Å². The van der Waals surface area contributed by atoms with Gasteiger partial charge in [0.05, 0.1) is 39.6 Å². The van der Waals surface area contributed by atoms with Gasteiger partial charge in [-0.25, -0.2) is 9.29 Å². The first-order valence-electron chi connectivity index (χ1n) is 14.0. The third kappa shape index (κ3) is 3.90. The van der Waals surface area contributed by atoms with E-state index >= 15 is 0 Å². The minimum absolute atomic E-state index is 0.0555. The number of allylic oxidation sites excluding steroid dienone is 2. The Kier molecular flexibility index (Phi) is 6.41. The Hall–Kier alpha value is -3.82. The third-order valence-corrected chi connectivity index (χ3v) is 10.5. The van der Waals surface area contributed by atoms with E-state index in [-0.39, 0.29) is 41.1 Å². The number of phenols is 1. The maximum atomic E-state index is 14.4. The molecule has 218 valence electrons. The van der Waals surface area contributed by atoms with Crippen molar-refractivity contribution in [3.63, 3.8) is 0 Å². The van der Waals surface area contributed by atoms with Crippen LogP contribution >= 0.6 is 27.5 Å². The number of hydrogen-bond acceptors (Lipinski definition) is 5. The molecular weight excluding hydrogens is 639 g/mol. The van der Waals surface area contributed by atoms with Crippen molar-refractivity contribution in [3.05, 3.63) is 99.3 Å². The number of phenolic OH excluding ortho intramolecular Hbond substituents is 1. The van der Waals surface area contributed by atoms with Crippen LogP contribution in [-0.2, 0) is 19.2 Å². The Morgan fingerprint density at radius 3 is 2.37 bits per heavy atom. The molecule has 4 aliphatic rings. The number of amides is 4. The summed E-state index contributed by atoms with van der Waals surface area (Å²) in [4.78, 5) is 58.6.